The van der Waals surface area contributed by atoms with Gasteiger partial charge in [0.05, 0.1) is 0 Å². The van der Waals surface area contributed by atoms with Gasteiger partial charge >= 0.3 is 0 Å². The summed E-state index contributed by atoms with van der Waals surface area (Å²) in [4.78, 5) is 7.00. The first kappa shape index (κ1) is 12.4. The first-order valence-corrected chi connectivity index (χ1v) is 6.64. The van der Waals surface area contributed by atoms with E-state index in [0.717, 1.165) is 31.1 Å². The van der Waals surface area contributed by atoms with Crippen LogP contribution >= 0.6 is 0 Å². The number of aryl methyl sites for hydroxylation is 1. The summed E-state index contributed by atoms with van der Waals surface area (Å²) in [6, 6.07) is 4.26. The Hall–Kier alpha value is -1.09. The number of hydrogen-bond acceptors (Lipinski definition) is 3. The van der Waals surface area contributed by atoms with Crippen LogP contribution in [-0.2, 0) is 13.0 Å². The monoisotopic (exact) mass is 233 g/mol. The van der Waals surface area contributed by atoms with Crippen molar-refractivity contribution in [1.82, 2.24) is 4.98 Å². The van der Waals surface area contributed by atoms with E-state index in [0.29, 0.717) is 6.54 Å². The zero-order valence-corrected chi connectivity index (χ0v) is 10.9. The molecule has 0 radical (unpaired) electrons. The van der Waals surface area contributed by atoms with Crippen LogP contribution < -0.4 is 10.6 Å². The topological polar surface area (TPSA) is 42.1 Å². The zero-order valence-electron chi connectivity index (χ0n) is 10.9. The maximum atomic E-state index is 5.75. The minimum Gasteiger partial charge on any atom is -0.359 e. The molecule has 0 bridgehead atoms. The SMILES string of the molecule is CCCc1cc(CN)cc(N(C)CC2CC2)n1. The average Bonchev–Trinajstić information content (AvgIpc) is 3.13. The predicted molar refractivity (Wildman–Crippen MR) is 72.1 cm³/mol. The summed E-state index contributed by atoms with van der Waals surface area (Å²) in [5, 5.41) is 0. The van der Waals surface area contributed by atoms with Crippen molar-refractivity contribution in [2.75, 3.05) is 18.5 Å². The van der Waals surface area contributed by atoms with E-state index >= 15 is 0 Å². The molecular weight excluding hydrogens is 210 g/mol. The second kappa shape index (κ2) is 5.50. The lowest BCUT2D eigenvalue weighted by Gasteiger charge is -2.19. The molecule has 1 saturated carbocycles. The van der Waals surface area contributed by atoms with Crippen LogP contribution in [0.4, 0.5) is 5.82 Å². The van der Waals surface area contributed by atoms with Gasteiger partial charge in [-0.3, -0.25) is 0 Å². The fraction of sp³-hybridized carbons (Fsp3) is 0.643. The number of pyridine rings is 1. The molecular formula is C14H23N3. The summed E-state index contributed by atoms with van der Waals surface area (Å²) in [7, 11) is 2.14. The molecule has 0 aromatic carbocycles. The van der Waals surface area contributed by atoms with E-state index in [9.17, 15) is 0 Å². The number of rotatable bonds is 6. The second-order valence-electron chi connectivity index (χ2n) is 5.10. The minimum absolute atomic E-state index is 0.601. The molecule has 0 aliphatic heterocycles. The van der Waals surface area contributed by atoms with E-state index in [1.807, 2.05) is 0 Å². The van der Waals surface area contributed by atoms with E-state index in [1.54, 1.807) is 0 Å². The van der Waals surface area contributed by atoms with Crippen LogP contribution in [0.5, 0.6) is 0 Å². The third-order valence-corrected chi connectivity index (χ3v) is 3.29. The Kier molecular flexibility index (Phi) is 4.00. The molecule has 1 aliphatic carbocycles. The molecule has 94 valence electrons. The van der Waals surface area contributed by atoms with Crippen molar-refractivity contribution in [3.8, 4) is 0 Å². The molecule has 0 spiro atoms. The molecule has 2 N–H and O–H groups in total. The van der Waals surface area contributed by atoms with Gasteiger partial charge in [0.15, 0.2) is 0 Å². The first-order valence-electron chi connectivity index (χ1n) is 6.64. The number of nitrogens with zero attached hydrogens (tertiary/aromatic N) is 2. The highest BCUT2D eigenvalue weighted by molar-refractivity contribution is 5.42. The van der Waals surface area contributed by atoms with Gasteiger partial charge in [-0.2, -0.15) is 0 Å². The molecule has 0 amide bonds. The number of nitrogens with two attached hydrogens (primary N) is 1. The van der Waals surface area contributed by atoms with Crippen LogP contribution in [0.1, 0.15) is 37.4 Å². The van der Waals surface area contributed by atoms with Gasteiger partial charge in [0, 0.05) is 25.8 Å². The summed E-state index contributed by atoms with van der Waals surface area (Å²) < 4.78 is 0. The molecule has 2 rings (SSSR count). The molecule has 1 heterocycles. The van der Waals surface area contributed by atoms with E-state index in [2.05, 4.69) is 31.0 Å². The molecule has 1 fully saturated rings. The van der Waals surface area contributed by atoms with Crippen molar-refractivity contribution in [3.63, 3.8) is 0 Å². The van der Waals surface area contributed by atoms with Gasteiger partial charge in [0.2, 0.25) is 0 Å². The van der Waals surface area contributed by atoms with E-state index < -0.39 is 0 Å². The Morgan fingerprint density at radius 1 is 1.41 bits per heavy atom. The van der Waals surface area contributed by atoms with Crippen LogP contribution in [0.3, 0.4) is 0 Å². The fourth-order valence-electron chi connectivity index (χ4n) is 2.11. The smallest absolute Gasteiger partial charge is 0.128 e. The van der Waals surface area contributed by atoms with Gasteiger partial charge in [-0.05, 0) is 42.9 Å². The molecule has 0 saturated heterocycles. The number of hydrogen-bond donors (Lipinski definition) is 1. The second-order valence-corrected chi connectivity index (χ2v) is 5.10. The molecule has 3 heteroatoms. The molecule has 1 aliphatic rings. The third kappa shape index (κ3) is 3.43. The first-order chi connectivity index (χ1) is 8.22. The van der Waals surface area contributed by atoms with Gasteiger partial charge < -0.3 is 10.6 Å². The predicted octanol–water partition coefficient (Wildman–Crippen LogP) is 2.34. The average molecular weight is 233 g/mol. The number of aromatic nitrogens is 1. The Bertz CT molecular complexity index is 372. The Morgan fingerprint density at radius 3 is 2.76 bits per heavy atom. The Labute approximate surface area is 104 Å². The summed E-state index contributed by atoms with van der Waals surface area (Å²) >= 11 is 0. The van der Waals surface area contributed by atoms with Gasteiger partial charge in [0.1, 0.15) is 5.82 Å². The van der Waals surface area contributed by atoms with E-state index in [1.165, 1.54) is 24.1 Å². The zero-order chi connectivity index (χ0) is 12.3. The maximum Gasteiger partial charge on any atom is 0.128 e. The lowest BCUT2D eigenvalue weighted by atomic mass is 10.1. The Morgan fingerprint density at radius 2 is 2.18 bits per heavy atom. The van der Waals surface area contributed by atoms with Crippen molar-refractivity contribution < 1.29 is 0 Å². The Balaban J connectivity index is 2.14. The van der Waals surface area contributed by atoms with Crippen molar-refractivity contribution in [2.45, 2.75) is 39.2 Å². The lowest BCUT2D eigenvalue weighted by Crippen LogP contribution is -2.22. The van der Waals surface area contributed by atoms with Crippen LogP contribution in [0, 0.1) is 5.92 Å². The largest absolute Gasteiger partial charge is 0.359 e. The molecule has 0 atom stereocenters. The van der Waals surface area contributed by atoms with Gasteiger partial charge in [0.25, 0.3) is 0 Å². The number of anilines is 1. The normalized spacial score (nSPS) is 15.0. The van der Waals surface area contributed by atoms with Gasteiger partial charge in [-0.25, -0.2) is 4.98 Å². The van der Waals surface area contributed by atoms with Crippen molar-refractivity contribution in [2.24, 2.45) is 11.7 Å². The molecule has 1 aromatic heterocycles. The highest BCUT2D eigenvalue weighted by Crippen LogP contribution is 2.30. The molecule has 3 nitrogen and oxygen atoms in total. The maximum absolute atomic E-state index is 5.75. The summed E-state index contributed by atoms with van der Waals surface area (Å²) in [5.41, 5.74) is 8.12. The van der Waals surface area contributed by atoms with E-state index in [4.69, 9.17) is 10.7 Å². The van der Waals surface area contributed by atoms with Crippen LogP contribution in [-0.4, -0.2) is 18.6 Å². The highest BCUT2D eigenvalue weighted by atomic mass is 15.2. The highest BCUT2D eigenvalue weighted by Gasteiger charge is 2.23. The standard InChI is InChI=1S/C14H23N3/c1-3-4-13-7-12(9-15)8-14(16-13)17(2)10-11-5-6-11/h7-8,11H,3-6,9-10,15H2,1-2H3. The van der Waals surface area contributed by atoms with Crippen molar-refractivity contribution >= 4 is 5.82 Å². The summed E-state index contributed by atoms with van der Waals surface area (Å²) in [5.74, 6) is 1.97. The molecule has 0 unspecified atom stereocenters. The minimum atomic E-state index is 0.601. The van der Waals surface area contributed by atoms with Gasteiger partial charge in [-0.1, -0.05) is 13.3 Å². The van der Waals surface area contributed by atoms with Crippen molar-refractivity contribution in [3.05, 3.63) is 23.4 Å². The summed E-state index contributed by atoms with van der Waals surface area (Å²) in [6.45, 7) is 3.92. The van der Waals surface area contributed by atoms with Crippen LogP contribution in [0.2, 0.25) is 0 Å². The van der Waals surface area contributed by atoms with Gasteiger partial charge in [-0.15, -0.1) is 0 Å². The van der Waals surface area contributed by atoms with Crippen LogP contribution in [0.25, 0.3) is 0 Å². The fourth-order valence-corrected chi connectivity index (χ4v) is 2.11. The molecule has 1 aromatic rings. The third-order valence-electron chi connectivity index (χ3n) is 3.29. The quantitative estimate of drug-likeness (QED) is 0.820. The lowest BCUT2D eigenvalue weighted by molar-refractivity contribution is 0.768. The summed E-state index contributed by atoms with van der Waals surface area (Å²) in [6.07, 6.45) is 4.93. The molecule has 17 heavy (non-hydrogen) atoms. The van der Waals surface area contributed by atoms with Crippen LogP contribution in [0.15, 0.2) is 12.1 Å². The van der Waals surface area contributed by atoms with Crippen molar-refractivity contribution in [1.29, 1.82) is 0 Å². The van der Waals surface area contributed by atoms with E-state index in [-0.39, 0.29) is 0 Å².